The van der Waals surface area contributed by atoms with E-state index in [4.69, 9.17) is 4.74 Å². The van der Waals surface area contributed by atoms with Gasteiger partial charge in [-0.1, -0.05) is 52.3 Å². The van der Waals surface area contributed by atoms with Crippen LogP contribution in [0, 0.1) is 0 Å². The van der Waals surface area contributed by atoms with Crippen molar-refractivity contribution < 1.29 is 9.84 Å². The second-order valence-corrected chi connectivity index (χ2v) is 6.24. The lowest BCUT2D eigenvalue weighted by Crippen LogP contribution is -2.45. The molecule has 1 aliphatic heterocycles. The minimum atomic E-state index is -0.548. The third kappa shape index (κ3) is 1.65. The molecular formula is C15H15BrO2. The largest absolute Gasteiger partial charge is 0.486 e. The molecule has 0 radical (unpaired) electrons. The van der Waals surface area contributed by atoms with Gasteiger partial charge >= 0.3 is 0 Å². The molecule has 0 amide bonds. The van der Waals surface area contributed by atoms with Gasteiger partial charge in [-0.25, -0.2) is 0 Å². The summed E-state index contributed by atoms with van der Waals surface area (Å²) in [5.74, 6) is 0.807. The Bertz CT molecular complexity index is 606. The van der Waals surface area contributed by atoms with Gasteiger partial charge in [0, 0.05) is 10.9 Å². The van der Waals surface area contributed by atoms with Crippen molar-refractivity contribution in [1.29, 1.82) is 0 Å². The third-order valence-corrected chi connectivity index (χ3v) is 5.14. The van der Waals surface area contributed by atoms with E-state index in [-0.39, 0.29) is 4.83 Å². The molecule has 0 bridgehead atoms. The first kappa shape index (κ1) is 12.0. The van der Waals surface area contributed by atoms with Crippen LogP contribution in [0.5, 0.6) is 5.75 Å². The number of halogens is 1. The summed E-state index contributed by atoms with van der Waals surface area (Å²) in [6.07, 6.45) is -0.548. The molecule has 0 saturated carbocycles. The number of aliphatic hydroxyl groups excluding tert-OH is 1. The minimum absolute atomic E-state index is 0.112. The summed E-state index contributed by atoms with van der Waals surface area (Å²) < 4.78 is 6.11. The smallest absolute Gasteiger partial charge is 0.133 e. The van der Waals surface area contributed by atoms with Gasteiger partial charge in [0.25, 0.3) is 0 Å². The summed E-state index contributed by atoms with van der Waals surface area (Å²) in [4.78, 5) is -0.112. The van der Waals surface area contributed by atoms with E-state index in [9.17, 15) is 5.11 Å². The molecule has 1 aliphatic rings. The van der Waals surface area contributed by atoms with Gasteiger partial charge in [-0.3, -0.25) is 0 Å². The zero-order valence-corrected chi connectivity index (χ0v) is 11.9. The van der Waals surface area contributed by atoms with Crippen molar-refractivity contribution in [3.8, 4) is 5.75 Å². The molecule has 2 nitrogen and oxygen atoms in total. The summed E-state index contributed by atoms with van der Waals surface area (Å²) >= 11 is 3.53. The minimum Gasteiger partial charge on any atom is -0.486 e. The van der Waals surface area contributed by atoms with Crippen molar-refractivity contribution in [2.45, 2.75) is 30.4 Å². The number of benzene rings is 2. The molecule has 2 atom stereocenters. The number of fused-ring (bicyclic) bond motifs is 3. The third-order valence-electron chi connectivity index (χ3n) is 3.54. The molecule has 0 aliphatic carbocycles. The Balaban J connectivity index is 2.29. The van der Waals surface area contributed by atoms with Crippen molar-refractivity contribution in [1.82, 2.24) is 0 Å². The van der Waals surface area contributed by atoms with Gasteiger partial charge in [0.15, 0.2) is 0 Å². The number of aliphatic hydroxyl groups is 1. The van der Waals surface area contributed by atoms with Gasteiger partial charge < -0.3 is 9.84 Å². The van der Waals surface area contributed by atoms with Crippen LogP contribution >= 0.6 is 15.9 Å². The number of alkyl halides is 1. The van der Waals surface area contributed by atoms with Crippen molar-refractivity contribution in [2.24, 2.45) is 0 Å². The SMILES string of the molecule is CC1(C)Oc2c(ccc3ccccc23)[C@@H](O)[C@@H]1Br. The van der Waals surface area contributed by atoms with Crippen LogP contribution in [0.2, 0.25) is 0 Å². The maximum absolute atomic E-state index is 10.4. The molecule has 2 aromatic rings. The van der Waals surface area contributed by atoms with E-state index in [0.717, 1.165) is 22.1 Å². The summed E-state index contributed by atoms with van der Waals surface area (Å²) in [6, 6.07) is 12.1. The summed E-state index contributed by atoms with van der Waals surface area (Å²) in [6.45, 7) is 3.97. The molecular weight excluding hydrogens is 292 g/mol. The van der Waals surface area contributed by atoms with Gasteiger partial charge in [0.2, 0.25) is 0 Å². The van der Waals surface area contributed by atoms with E-state index in [2.05, 4.69) is 22.0 Å². The topological polar surface area (TPSA) is 29.5 Å². The van der Waals surface area contributed by atoms with Crippen molar-refractivity contribution in [2.75, 3.05) is 0 Å². The summed E-state index contributed by atoms with van der Waals surface area (Å²) in [7, 11) is 0. The zero-order chi connectivity index (χ0) is 12.9. The molecule has 1 heterocycles. The van der Waals surface area contributed by atoms with E-state index in [1.165, 1.54) is 0 Å². The lowest BCUT2D eigenvalue weighted by Gasteiger charge is -2.40. The van der Waals surface area contributed by atoms with Crippen LogP contribution in [0.1, 0.15) is 25.5 Å². The Hall–Kier alpha value is -1.06. The van der Waals surface area contributed by atoms with Gasteiger partial charge in [-0.2, -0.15) is 0 Å². The van der Waals surface area contributed by atoms with Crippen molar-refractivity contribution in [3.63, 3.8) is 0 Å². The van der Waals surface area contributed by atoms with E-state index < -0.39 is 11.7 Å². The van der Waals surface area contributed by atoms with E-state index in [0.29, 0.717) is 0 Å². The van der Waals surface area contributed by atoms with E-state index >= 15 is 0 Å². The van der Waals surface area contributed by atoms with Gasteiger partial charge in [-0.15, -0.1) is 0 Å². The predicted octanol–water partition coefficient (Wildman–Crippen LogP) is 3.81. The molecule has 2 aromatic carbocycles. The monoisotopic (exact) mass is 306 g/mol. The van der Waals surface area contributed by atoms with Crippen molar-refractivity contribution >= 4 is 26.7 Å². The molecule has 0 unspecified atom stereocenters. The predicted molar refractivity (Wildman–Crippen MR) is 76.3 cm³/mol. The highest BCUT2D eigenvalue weighted by Crippen LogP contribution is 2.46. The fourth-order valence-corrected chi connectivity index (χ4v) is 2.84. The fraction of sp³-hybridized carbons (Fsp3) is 0.333. The molecule has 0 aromatic heterocycles. The number of hydrogen-bond donors (Lipinski definition) is 1. The average molecular weight is 307 g/mol. The van der Waals surface area contributed by atoms with Gasteiger partial charge in [0.05, 0.1) is 10.9 Å². The second-order valence-electron chi connectivity index (χ2n) is 5.26. The normalized spacial score (nSPS) is 25.6. The lowest BCUT2D eigenvalue weighted by atomic mass is 9.90. The highest BCUT2D eigenvalue weighted by atomic mass is 79.9. The van der Waals surface area contributed by atoms with E-state index in [1.807, 2.05) is 44.2 Å². The van der Waals surface area contributed by atoms with E-state index in [1.54, 1.807) is 0 Å². The Kier molecular flexibility index (Phi) is 2.65. The molecule has 94 valence electrons. The van der Waals surface area contributed by atoms with Gasteiger partial charge in [-0.05, 0) is 19.2 Å². The van der Waals surface area contributed by atoms with Crippen LogP contribution in [0.25, 0.3) is 10.8 Å². The summed E-state index contributed by atoms with van der Waals surface area (Å²) in [5.41, 5.74) is 0.422. The number of ether oxygens (including phenoxy) is 1. The van der Waals surface area contributed by atoms with Crippen LogP contribution in [0.3, 0.4) is 0 Å². The molecule has 0 fully saturated rings. The molecule has 18 heavy (non-hydrogen) atoms. The highest BCUT2D eigenvalue weighted by Gasteiger charge is 2.42. The van der Waals surface area contributed by atoms with Gasteiger partial charge in [0.1, 0.15) is 11.4 Å². The molecule has 0 spiro atoms. The van der Waals surface area contributed by atoms with Crippen molar-refractivity contribution in [3.05, 3.63) is 42.0 Å². The first-order chi connectivity index (χ1) is 8.50. The molecule has 0 saturated heterocycles. The van der Waals surface area contributed by atoms with Crippen LogP contribution in [0.4, 0.5) is 0 Å². The van der Waals surface area contributed by atoms with Crippen LogP contribution in [-0.4, -0.2) is 15.5 Å². The quantitative estimate of drug-likeness (QED) is 0.750. The lowest BCUT2D eigenvalue weighted by molar-refractivity contribution is 0.0241. The Morgan fingerprint density at radius 1 is 1.17 bits per heavy atom. The van der Waals surface area contributed by atoms with Crippen LogP contribution in [-0.2, 0) is 0 Å². The zero-order valence-electron chi connectivity index (χ0n) is 10.4. The molecule has 1 N–H and O–H groups in total. The van der Waals surface area contributed by atoms with Crippen LogP contribution in [0.15, 0.2) is 36.4 Å². The maximum atomic E-state index is 10.4. The maximum Gasteiger partial charge on any atom is 0.133 e. The Morgan fingerprint density at radius 2 is 1.89 bits per heavy atom. The standard InChI is InChI=1S/C15H15BrO2/c1-15(2)14(16)12(17)11-8-7-9-5-3-4-6-10(9)13(11)18-15/h3-8,12,14,17H,1-2H3/t12-,14+/m1/s1. The molecule has 3 rings (SSSR count). The second kappa shape index (κ2) is 3.97. The first-order valence-electron chi connectivity index (χ1n) is 6.03. The van der Waals surface area contributed by atoms with Crippen LogP contribution < -0.4 is 4.74 Å². The number of hydrogen-bond acceptors (Lipinski definition) is 2. The average Bonchev–Trinajstić information content (AvgIpc) is 2.36. The first-order valence-corrected chi connectivity index (χ1v) is 6.95. The summed E-state index contributed by atoms with van der Waals surface area (Å²) in [5, 5.41) is 12.6. The Labute approximate surface area is 115 Å². The molecule has 3 heteroatoms. The number of rotatable bonds is 0. The fourth-order valence-electron chi connectivity index (χ4n) is 2.46. The highest BCUT2D eigenvalue weighted by molar-refractivity contribution is 9.09. The Morgan fingerprint density at radius 3 is 2.67 bits per heavy atom.